The maximum absolute atomic E-state index is 12.2. The summed E-state index contributed by atoms with van der Waals surface area (Å²) >= 11 is 0. The van der Waals surface area contributed by atoms with E-state index in [0.717, 1.165) is 16.9 Å². The fourth-order valence-corrected chi connectivity index (χ4v) is 2.02. The smallest absolute Gasteiger partial charge is 0.245 e. The number of amides is 1. The minimum atomic E-state index is -0.701. The fourth-order valence-electron chi connectivity index (χ4n) is 2.02. The van der Waals surface area contributed by atoms with E-state index in [4.69, 9.17) is 15.2 Å². The monoisotopic (exact) mass is 350 g/mol. The minimum absolute atomic E-state index is 0. The van der Waals surface area contributed by atoms with Crippen LogP contribution in [-0.4, -0.2) is 26.2 Å². The highest BCUT2D eigenvalue weighted by Crippen LogP contribution is 2.18. The third kappa shape index (κ3) is 5.85. The van der Waals surface area contributed by atoms with Crippen LogP contribution in [0.3, 0.4) is 0 Å². The maximum atomic E-state index is 12.2. The average molecular weight is 351 g/mol. The predicted octanol–water partition coefficient (Wildman–Crippen LogP) is 3.08. The fraction of sp³-hybridized carbons (Fsp3) is 0.278. The van der Waals surface area contributed by atoms with Crippen molar-refractivity contribution in [2.24, 2.45) is 5.73 Å². The molecule has 0 aliphatic rings. The van der Waals surface area contributed by atoms with Gasteiger partial charge in [-0.05, 0) is 36.8 Å². The van der Waals surface area contributed by atoms with E-state index in [1.807, 2.05) is 31.2 Å². The van der Waals surface area contributed by atoms with Crippen molar-refractivity contribution >= 4 is 24.0 Å². The number of rotatable bonds is 7. The van der Waals surface area contributed by atoms with E-state index in [9.17, 15) is 4.79 Å². The number of nitrogens with one attached hydrogen (secondary N) is 1. The molecule has 0 aliphatic heterocycles. The molecule has 0 spiro atoms. The Morgan fingerprint density at radius 1 is 1.08 bits per heavy atom. The number of carbonyl (C=O) groups excluding carboxylic acids is 1. The van der Waals surface area contributed by atoms with Crippen LogP contribution < -0.4 is 15.8 Å². The van der Waals surface area contributed by atoms with E-state index in [0.29, 0.717) is 18.9 Å². The molecule has 2 aromatic carbocycles. The second kappa shape index (κ2) is 9.93. The highest BCUT2D eigenvalue weighted by molar-refractivity contribution is 5.95. The summed E-state index contributed by atoms with van der Waals surface area (Å²) in [5, 5.41) is 2.81. The zero-order valence-electron chi connectivity index (χ0n) is 13.8. The number of anilines is 1. The van der Waals surface area contributed by atoms with Gasteiger partial charge < -0.3 is 20.5 Å². The lowest BCUT2D eigenvalue weighted by Crippen LogP contribution is -2.27. The molecule has 0 aliphatic carbocycles. The van der Waals surface area contributed by atoms with Crippen LogP contribution in [-0.2, 0) is 9.53 Å². The van der Waals surface area contributed by atoms with Crippen molar-refractivity contribution in [3.63, 3.8) is 0 Å². The van der Waals surface area contributed by atoms with E-state index < -0.39 is 6.04 Å². The summed E-state index contributed by atoms with van der Waals surface area (Å²) in [5.74, 6) is 0.477. The van der Waals surface area contributed by atoms with Crippen LogP contribution in [0.1, 0.15) is 17.2 Å². The van der Waals surface area contributed by atoms with Crippen LogP contribution in [0.4, 0.5) is 5.69 Å². The van der Waals surface area contributed by atoms with Crippen molar-refractivity contribution in [1.82, 2.24) is 0 Å². The first-order chi connectivity index (χ1) is 11.1. The third-order valence-electron chi connectivity index (χ3n) is 3.40. The van der Waals surface area contributed by atoms with Crippen LogP contribution >= 0.6 is 12.4 Å². The van der Waals surface area contributed by atoms with Gasteiger partial charge in [0.25, 0.3) is 0 Å². The predicted molar refractivity (Wildman–Crippen MR) is 97.8 cm³/mol. The molecule has 3 N–H and O–H groups in total. The molecule has 0 bridgehead atoms. The first-order valence-electron chi connectivity index (χ1n) is 7.45. The Morgan fingerprint density at radius 3 is 2.29 bits per heavy atom. The van der Waals surface area contributed by atoms with Gasteiger partial charge in [0.15, 0.2) is 0 Å². The third-order valence-corrected chi connectivity index (χ3v) is 3.40. The van der Waals surface area contributed by atoms with Gasteiger partial charge in [0.1, 0.15) is 18.4 Å². The van der Waals surface area contributed by atoms with Gasteiger partial charge >= 0.3 is 0 Å². The Kier molecular flexibility index (Phi) is 8.26. The van der Waals surface area contributed by atoms with E-state index in [2.05, 4.69) is 5.32 Å². The Hall–Kier alpha value is -2.08. The van der Waals surface area contributed by atoms with E-state index in [1.165, 1.54) is 0 Å². The van der Waals surface area contributed by atoms with Gasteiger partial charge in [-0.15, -0.1) is 12.4 Å². The first-order valence-corrected chi connectivity index (χ1v) is 7.45. The molecule has 6 heteroatoms. The second-order valence-electron chi connectivity index (χ2n) is 5.24. The number of methoxy groups -OCH3 is 1. The molecule has 2 aromatic rings. The molecule has 0 fully saturated rings. The summed E-state index contributed by atoms with van der Waals surface area (Å²) < 4.78 is 10.4. The molecule has 5 nitrogen and oxygen atoms in total. The number of aryl methyl sites for hydroxylation is 1. The van der Waals surface area contributed by atoms with Crippen molar-refractivity contribution in [2.45, 2.75) is 13.0 Å². The highest BCUT2D eigenvalue weighted by atomic mass is 35.5. The number of carbonyl (C=O) groups is 1. The lowest BCUT2D eigenvalue weighted by atomic mass is 10.1. The number of halogens is 1. The lowest BCUT2D eigenvalue weighted by molar-refractivity contribution is -0.117. The average Bonchev–Trinajstić information content (AvgIpc) is 2.56. The summed E-state index contributed by atoms with van der Waals surface area (Å²) in [4.78, 5) is 12.2. The molecule has 0 saturated carbocycles. The summed E-state index contributed by atoms with van der Waals surface area (Å²) in [5.41, 5.74) is 8.59. The van der Waals surface area contributed by atoms with E-state index >= 15 is 0 Å². The van der Waals surface area contributed by atoms with Gasteiger partial charge in [-0.2, -0.15) is 0 Å². The van der Waals surface area contributed by atoms with Crippen molar-refractivity contribution in [3.8, 4) is 5.75 Å². The number of nitrogens with two attached hydrogens (primary N) is 1. The van der Waals surface area contributed by atoms with Gasteiger partial charge in [-0.1, -0.05) is 29.8 Å². The standard InChI is InChI=1S/C18H22N2O3.ClH/c1-13-3-5-14(6-4-13)17(19)18(21)20-15-7-9-16(10-8-15)23-12-11-22-2;/h3-10,17H,11-12,19H2,1-2H3,(H,20,21);1H. The van der Waals surface area contributed by atoms with E-state index in [-0.39, 0.29) is 18.3 Å². The molecule has 24 heavy (non-hydrogen) atoms. The first kappa shape index (κ1) is 20.0. The SMILES string of the molecule is COCCOc1ccc(NC(=O)C(N)c2ccc(C)cc2)cc1.Cl. The number of hydrogen-bond acceptors (Lipinski definition) is 4. The van der Waals surface area contributed by atoms with Crippen molar-refractivity contribution in [1.29, 1.82) is 0 Å². The van der Waals surface area contributed by atoms with Gasteiger partial charge in [0, 0.05) is 12.8 Å². The molecule has 0 saturated heterocycles. The maximum Gasteiger partial charge on any atom is 0.245 e. The normalized spacial score (nSPS) is 11.3. The summed E-state index contributed by atoms with van der Waals surface area (Å²) in [6.45, 7) is 3.01. The zero-order valence-corrected chi connectivity index (χ0v) is 14.6. The van der Waals surface area contributed by atoms with Crippen LogP contribution in [0.5, 0.6) is 5.75 Å². The molecule has 0 aromatic heterocycles. The Balaban J connectivity index is 0.00000288. The largest absolute Gasteiger partial charge is 0.491 e. The molecule has 1 amide bonds. The topological polar surface area (TPSA) is 73.6 Å². The quantitative estimate of drug-likeness (QED) is 0.752. The minimum Gasteiger partial charge on any atom is -0.491 e. The van der Waals surface area contributed by atoms with Gasteiger partial charge in [-0.25, -0.2) is 0 Å². The van der Waals surface area contributed by atoms with Crippen molar-refractivity contribution in [2.75, 3.05) is 25.6 Å². The molecule has 1 atom stereocenters. The molecular formula is C18H23ClN2O3. The number of benzene rings is 2. The summed E-state index contributed by atoms with van der Waals surface area (Å²) in [6.07, 6.45) is 0. The molecule has 2 rings (SSSR count). The van der Waals surface area contributed by atoms with Crippen LogP contribution in [0.2, 0.25) is 0 Å². The van der Waals surface area contributed by atoms with Gasteiger partial charge in [0.05, 0.1) is 6.61 Å². The second-order valence-corrected chi connectivity index (χ2v) is 5.24. The van der Waals surface area contributed by atoms with Crippen LogP contribution in [0.15, 0.2) is 48.5 Å². The molecule has 0 heterocycles. The van der Waals surface area contributed by atoms with Crippen LogP contribution in [0, 0.1) is 6.92 Å². The lowest BCUT2D eigenvalue weighted by Gasteiger charge is -2.13. The Labute approximate surface area is 148 Å². The number of ether oxygens (including phenoxy) is 2. The molecule has 0 radical (unpaired) electrons. The Morgan fingerprint density at radius 2 is 1.71 bits per heavy atom. The Bertz CT molecular complexity index is 630. The molecule has 130 valence electrons. The van der Waals surface area contributed by atoms with Gasteiger partial charge in [0.2, 0.25) is 5.91 Å². The zero-order chi connectivity index (χ0) is 16.7. The molecule has 1 unspecified atom stereocenters. The van der Waals surface area contributed by atoms with Crippen molar-refractivity contribution in [3.05, 3.63) is 59.7 Å². The van der Waals surface area contributed by atoms with Crippen LogP contribution in [0.25, 0.3) is 0 Å². The van der Waals surface area contributed by atoms with E-state index in [1.54, 1.807) is 31.4 Å². The summed E-state index contributed by atoms with van der Waals surface area (Å²) in [7, 11) is 1.62. The van der Waals surface area contributed by atoms with Crippen molar-refractivity contribution < 1.29 is 14.3 Å². The highest BCUT2D eigenvalue weighted by Gasteiger charge is 2.15. The van der Waals surface area contributed by atoms with Gasteiger partial charge in [-0.3, -0.25) is 4.79 Å². The summed E-state index contributed by atoms with van der Waals surface area (Å²) in [6, 6.07) is 14.1. The number of hydrogen-bond donors (Lipinski definition) is 2. The molecular weight excluding hydrogens is 328 g/mol.